The van der Waals surface area contributed by atoms with Crippen LogP contribution in [-0.2, 0) is 4.74 Å². The van der Waals surface area contributed by atoms with Crippen LogP contribution in [0.5, 0.6) is 0 Å². The first-order valence-electron chi connectivity index (χ1n) is 7.68. The van der Waals surface area contributed by atoms with Gasteiger partial charge in [-0.15, -0.1) is 0 Å². The fourth-order valence-corrected chi connectivity index (χ4v) is 2.93. The van der Waals surface area contributed by atoms with Gasteiger partial charge < -0.3 is 15.0 Å². The highest BCUT2D eigenvalue weighted by Gasteiger charge is 2.34. The summed E-state index contributed by atoms with van der Waals surface area (Å²) in [4.78, 5) is 2.67. The Bertz CT molecular complexity index is 205. The van der Waals surface area contributed by atoms with Gasteiger partial charge in [-0.25, -0.2) is 0 Å². The monoisotopic (exact) mass is 256 g/mol. The molecule has 18 heavy (non-hydrogen) atoms. The average Bonchev–Trinajstić information content (AvgIpc) is 2.82. The highest BCUT2D eigenvalue weighted by molar-refractivity contribution is 4.87. The van der Waals surface area contributed by atoms with Crippen LogP contribution in [0.15, 0.2) is 0 Å². The molecule has 3 nitrogen and oxygen atoms in total. The maximum absolute atomic E-state index is 5.01. The van der Waals surface area contributed by atoms with Crippen molar-refractivity contribution in [2.24, 2.45) is 5.41 Å². The average molecular weight is 256 g/mol. The molecule has 1 rings (SSSR count). The van der Waals surface area contributed by atoms with Crippen LogP contribution >= 0.6 is 0 Å². The van der Waals surface area contributed by atoms with Gasteiger partial charge in [-0.3, -0.25) is 0 Å². The predicted molar refractivity (Wildman–Crippen MR) is 78.1 cm³/mol. The molecule has 1 aliphatic heterocycles. The van der Waals surface area contributed by atoms with Crippen molar-refractivity contribution in [2.45, 2.75) is 46.0 Å². The van der Waals surface area contributed by atoms with Crippen LogP contribution in [-0.4, -0.2) is 51.3 Å². The lowest BCUT2D eigenvalue weighted by Gasteiger charge is -2.26. The molecule has 0 aromatic rings. The Labute approximate surface area is 113 Å². The Morgan fingerprint density at radius 2 is 1.94 bits per heavy atom. The molecule has 1 fully saturated rings. The third-order valence-electron chi connectivity index (χ3n) is 4.58. The fraction of sp³-hybridized carbons (Fsp3) is 1.00. The number of rotatable bonds is 10. The molecule has 0 atom stereocenters. The van der Waals surface area contributed by atoms with Crippen molar-refractivity contribution in [3.63, 3.8) is 0 Å². The highest BCUT2D eigenvalue weighted by atomic mass is 16.5. The van der Waals surface area contributed by atoms with Gasteiger partial charge in [0.15, 0.2) is 0 Å². The molecular weight excluding hydrogens is 224 g/mol. The molecule has 0 amide bonds. The second-order valence-electron chi connectivity index (χ2n) is 5.68. The van der Waals surface area contributed by atoms with Crippen LogP contribution in [0.4, 0.5) is 0 Å². The number of ether oxygens (including phenoxy) is 1. The second kappa shape index (κ2) is 8.89. The van der Waals surface area contributed by atoms with Crippen molar-refractivity contribution in [1.82, 2.24) is 10.2 Å². The van der Waals surface area contributed by atoms with Crippen molar-refractivity contribution in [3.8, 4) is 0 Å². The third kappa shape index (κ3) is 5.25. The van der Waals surface area contributed by atoms with Crippen molar-refractivity contribution < 1.29 is 4.74 Å². The number of hydrogen-bond acceptors (Lipinski definition) is 3. The van der Waals surface area contributed by atoms with Crippen LogP contribution in [0, 0.1) is 5.41 Å². The van der Waals surface area contributed by atoms with E-state index in [-0.39, 0.29) is 0 Å². The molecule has 1 heterocycles. The molecule has 0 saturated carbocycles. The minimum Gasteiger partial charge on any atom is -0.383 e. The van der Waals surface area contributed by atoms with Crippen molar-refractivity contribution >= 4 is 0 Å². The number of nitrogens with zero attached hydrogens (tertiary/aromatic N) is 1. The van der Waals surface area contributed by atoms with Crippen LogP contribution in [0.2, 0.25) is 0 Å². The van der Waals surface area contributed by atoms with Crippen molar-refractivity contribution in [1.29, 1.82) is 0 Å². The second-order valence-corrected chi connectivity index (χ2v) is 5.68. The zero-order valence-electron chi connectivity index (χ0n) is 12.6. The summed E-state index contributed by atoms with van der Waals surface area (Å²) < 4.78 is 5.01. The van der Waals surface area contributed by atoms with Gasteiger partial charge in [-0.05, 0) is 57.2 Å². The SMILES string of the molecule is CCC1(CC)CCN(CCCCNCCOC)C1. The molecule has 1 N–H and O–H groups in total. The van der Waals surface area contributed by atoms with Crippen molar-refractivity contribution in [2.75, 3.05) is 46.4 Å². The van der Waals surface area contributed by atoms with Gasteiger partial charge >= 0.3 is 0 Å². The fourth-order valence-electron chi connectivity index (χ4n) is 2.93. The van der Waals surface area contributed by atoms with E-state index in [2.05, 4.69) is 24.1 Å². The Kier molecular flexibility index (Phi) is 7.87. The standard InChI is InChI=1S/C15H32N2O/c1-4-15(5-2)8-12-17(14-15)11-7-6-9-16-10-13-18-3/h16H,4-14H2,1-3H3. The summed E-state index contributed by atoms with van der Waals surface area (Å²) in [6.45, 7) is 11.6. The largest absolute Gasteiger partial charge is 0.383 e. The minimum absolute atomic E-state index is 0.636. The Morgan fingerprint density at radius 3 is 2.56 bits per heavy atom. The molecular formula is C15H32N2O. The summed E-state index contributed by atoms with van der Waals surface area (Å²) in [5.41, 5.74) is 0.636. The maximum atomic E-state index is 5.01. The molecule has 0 spiro atoms. The Morgan fingerprint density at radius 1 is 1.17 bits per heavy atom. The number of methoxy groups -OCH3 is 1. The molecule has 1 aliphatic rings. The van der Waals surface area contributed by atoms with E-state index in [9.17, 15) is 0 Å². The molecule has 0 aromatic heterocycles. The lowest BCUT2D eigenvalue weighted by molar-refractivity contribution is 0.199. The highest BCUT2D eigenvalue weighted by Crippen LogP contribution is 2.36. The van der Waals surface area contributed by atoms with Gasteiger partial charge in [-0.2, -0.15) is 0 Å². The normalized spacial score (nSPS) is 19.5. The van der Waals surface area contributed by atoms with Gasteiger partial charge in [0.25, 0.3) is 0 Å². The molecule has 1 saturated heterocycles. The van der Waals surface area contributed by atoms with Crippen LogP contribution in [0.25, 0.3) is 0 Å². The first-order valence-corrected chi connectivity index (χ1v) is 7.68. The number of unbranched alkanes of at least 4 members (excludes halogenated alkanes) is 1. The first kappa shape index (κ1) is 15.9. The van der Waals surface area contributed by atoms with E-state index in [0.717, 1.165) is 19.7 Å². The zero-order chi connectivity index (χ0) is 13.3. The third-order valence-corrected chi connectivity index (χ3v) is 4.58. The Balaban J connectivity index is 2.01. The zero-order valence-corrected chi connectivity index (χ0v) is 12.6. The van der Waals surface area contributed by atoms with E-state index in [4.69, 9.17) is 4.74 Å². The summed E-state index contributed by atoms with van der Waals surface area (Å²) in [7, 11) is 1.75. The quantitative estimate of drug-likeness (QED) is 0.608. The van der Waals surface area contributed by atoms with Gasteiger partial charge in [0.2, 0.25) is 0 Å². The lowest BCUT2D eigenvalue weighted by Crippen LogP contribution is -2.28. The summed E-state index contributed by atoms with van der Waals surface area (Å²) in [5, 5.41) is 3.41. The van der Waals surface area contributed by atoms with Gasteiger partial charge in [-0.1, -0.05) is 13.8 Å². The maximum Gasteiger partial charge on any atom is 0.0587 e. The molecule has 0 radical (unpaired) electrons. The molecule has 0 aromatic carbocycles. The van der Waals surface area contributed by atoms with Gasteiger partial charge in [0.1, 0.15) is 0 Å². The predicted octanol–water partition coefficient (Wildman–Crippen LogP) is 2.51. The smallest absolute Gasteiger partial charge is 0.0587 e. The van der Waals surface area contributed by atoms with Crippen molar-refractivity contribution in [3.05, 3.63) is 0 Å². The molecule has 3 heteroatoms. The van der Waals surface area contributed by atoms with E-state index < -0.39 is 0 Å². The van der Waals surface area contributed by atoms with Gasteiger partial charge in [0.05, 0.1) is 6.61 Å². The number of hydrogen-bond donors (Lipinski definition) is 1. The van der Waals surface area contributed by atoms with E-state index in [1.807, 2.05) is 0 Å². The summed E-state index contributed by atoms with van der Waals surface area (Å²) in [6.07, 6.45) is 6.71. The van der Waals surface area contributed by atoms with E-state index in [1.54, 1.807) is 7.11 Å². The van der Waals surface area contributed by atoms with E-state index in [1.165, 1.54) is 51.7 Å². The molecule has 0 unspecified atom stereocenters. The van der Waals surface area contributed by atoms with Crippen LogP contribution in [0.1, 0.15) is 46.0 Å². The van der Waals surface area contributed by atoms with Gasteiger partial charge in [0, 0.05) is 20.2 Å². The lowest BCUT2D eigenvalue weighted by atomic mass is 9.82. The van der Waals surface area contributed by atoms with E-state index >= 15 is 0 Å². The Hall–Kier alpha value is -0.120. The molecule has 0 bridgehead atoms. The number of nitrogens with one attached hydrogen (secondary N) is 1. The minimum atomic E-state index is 0.636. The summed E-state index contributed by atoms with van der Waals surface area (Å²) >= 11 is 0. The topological polar surface area (TPSA) is 24.5 Å². The van der Waals surface area contributed by atoms with Crippen LogP contribution < -0.4 is 5.32 Å². The van der Waals surface area contributed by atoms with E-state index in [0.29, 0.717) is 5.41 Å². The molecule has 108 valence electrons. The molecule has 0 aliphatic carbocycles. The summed E-state index contributed by atoms with van der Waals surface area (Å²) in [6, 6.07) is 0. The van der Waals surface area contributed by atoms with Crippen LogP contribution in [0.3, 0.4) is 0 Å². The number of likely N-dealkylation sites (tertiary alicyclic amines) is 1. The first-order chi connectivity index (χ1) is 8.76. The summed E-state index contributed by atoms with van der Waals surface area (Å²) in [5.74, 6) is 0.